The van der Waals surface area contributed by atoms with Crippen LogP contribution in [0.1, 0.15) is 6.92 Å². The Bertz CT molecular complexity index is 820. The zero-order valence-electron chi connectivity index (χ0n) is 10.9. The van der Waals surface area contributed by atoms with Crippen molar-refractivity contribution in [3.63, 3.8) is 0 Å². The normalized spacial score (nSPS) is 11.3. The van der Waals surface area contributed by atoms with E-state index >= 15 is 0 Å². The predicted octanol–water partition coefficient (Wildman–Crippen LogP) is 1.54. The topological polar surface area (TPSA) is 87.4 Å². The molecule has 1 heterocycles. The molecule has 0 fully saturated rings. The largest absolute Gasteiger partial charge is 0.449 e. The number of imidazole rings is 1. The number of hydrogen-bond acceptors (Lipinski definition) is 5. The van der Waals surface area contributed by atoms with E-state index in [1.807, 2.05) is 0 Å². The summed E-state index contributed by atoms with van der Waals surface area (Å²) >= 11 is 5.69. The molecule has 0 N–H and O–H groups in total. The van der Waals surface area contributed by atoms with Gasteiger partial charge in [-0.2, -0.15) is 3.97 Å². The Hall–Kier alpha value is -2.06. The molecule has 21 heavy (non-hydrogen) atoms. The highest BCUT2D eigenvalue weighted by Gasteiger charge is 2.22. The van der Waals surface area contributed by atoms with Crippen LogP contribution in [0.4, 0.5) is 4.79 Å². The summed E-state index contributed by atoms with van der Waals surface area (Å²) in [6.07, 6.45) is 1.09. The Morgan fingerprint density at radius 1 is 1.24 bits per heavy atom. The predicted molar refractivity (Wildman–Crippen MR) is 75.1 cm³/mol. The van der Waals surface area contributed by atoms with Crippen molar-refractivity contribution in [3.8, 4) is 0 Å². The van der Waals surface area contributed by atoms with Crippen molar-refractivity contribution in [2.24, 2.45) is 0 Å². The Kier molecular flexibility index (Phi) is 4.19. The smallest absolute Gasteiger partial charge is 0.422 e. The summed E-state index contributed by atoms with van der Waals surface area (Å²) in [5.74, 6) is 0. The first-order chi connectivity index (χ1) is 9.87. The number of halogens is 1. The molecule has 2 aromatic rings. The summed E-state index contributed by atoms with van der Waals surface area (Å²) in [4.78, 5) is 23.4. The summed E-state index contributed by atoms with van der Waals surface area (Å²) in [6, 6.07) is 5.32. The van der Waals surface area contributed by atoms with Gasteiger partial charge in [-0.05, 0) is 31.2 Å². The summed E-state index contributed by atoms with van der Waals surface area (Å²) in [6.45, 7) is 1.64. The molecule has 7 nitrogen and oxygen atoms in total. The van der Waals surface area contributed by atoms with Gasteiger partial charge >= 0.3 is 11.8 Å². The maximum atomic E-state index is 12.3. The average molecular weight is 331 g/mol. The third-order valence-corrected chi connectivity index (χ3v) is 4.50. The first-order valence-corrected chi connectivity index (χ1v) is 7.68. The Morgan fingerprint density at radius 2 is 1.86 bits per heavy atom. The van der Waals surface area contributed by atoms with E-state index < -0.39 is 21.8 Å². The van der Waals surface area contributed by atoms with Crippen molar-refractivity contribution in [2.45, 2.75) is 11.8 Å². The number of hydrogen-bond donors (Lipinski definition) is 0. The van der Waals surface area contributed by atoms with E-state index in [0.717, 1.165) is 12.4 Å². The van der Waals surface area contributed by atoms with Crippen molar-refractivity contribution in [2.75, 3.05) is 6.61 Å². The van der Waals surface area contributed by atoms with Gasteiger partial charge in [0.1, 0.15) is 0 Å². The number of benzene rings is 1. The minimum Gasteiger partial charge on any atom is -0.449 e. The van der Waals surface area contributed by atoms with Crippen molar-refractivity contribution < 1.29 is 17.9 Å². The molecule has 0 bridgehead atoms. The molecule has 0 amide bonds. The fraction of sp³-hybridized carbons (Fsp3) is 0.167. The first-order valence-electron chi connectivity index (χ1n) is 5.86. The molecule has 0 aliphatic heterocycles. The summed E-state index contributed by atoms with van der Waals surface area (Å²) in [7, 11) is -4.10. The van der Waals surface area contributed by atoms with E-state index in [-0.39, 0.29) is 11.5 Å². The van der Waals surface area contributed by atoms with Crippen LogP contribution in [0.15, 0.2) is 46.3 Å². The molecule has 0 aliphatic rings. The number of aromatic nitrogens is 2. The van der Waals surface area contributed by atoms with Gasteiger partial charge in [0.25, 0.3) is 10.0 Å². The number of nitrogens with zero attached hydrogens (tertiary/aromatic N) is 2. The molecule has 1 aromatic carbocycles. The fourth-order valence-electron chi connectivity index (χ4n) is 1.60. The Balaban J connectivity index is 2.49. The molecule has 9 heteroatoms. The van der Waals surface area contributed by atoms with Crippen molar-refractivity contribution in [1.82, 2.24) is 8.54 Å². The van der Waals surface area contributed by atoms with Gasteiger partial charge in [-0.15, -0.1) is 0 Å². The minimum absolute atomic E-state index is 0.0698. The molecular weight excluding hydrogens is 320 g/mol. The fourth-order valence-corrected chi connectivity index (χ4v) is 2.94. The van der Waals surface area contributed by atoms with Crippen LogP contribution in [0.5, 0.6) is 0 Å². The molecule has 0 saturated carbocycles. The highest BCUT2D eigenvalue weighted by atomic mass is 35.5. The lowest BCUT2D eigenvalue weighted by Gasteiger charge is -2.04. The summed E-state index contributed by atoms with van der Waals surface area (Å²) in [5.41, 5.74) is -1.02. The van der Waals surface area contributed by atoms with Crippen LogP contribution >= 0.6 is 11.6 Å². The van der Waals surface area contributed by atoms with Crippen LogP contribution in [0.2, 0.25) is 5.02 Å². The van der Waals surface area contributed by atoms with Gasteiger partial charge < -0.3 is 4.74 Å². The number of carbonyl (C=O) groups is 1. The maximum Gasteiger partial charge on any atom is 0.422 e. The molecule has 0 unspecified atom stereocenters. The molecule has 0 saturated heterocycles. The Morgan fingerprint density at radius 3 is 2.43 bits per heavy atom. The molecule has 2 rings (SSSR count). The standard InChI is InChI=1S/C12H11ClN2O5S/c1-2-20-12(17)14-7-8-15(11(14)16)21(18,19)10-5-3-9(13)4-6-10/h3-8H,2H2,1H3. The summed E-state index contributed by atoms with van der Waals surface area (Å²) in [5, 5.41) is 0.366. The molecule has 0 radical (unpaired) electrons. The van der Waals surface area contributed by atoms with Crippen LogP contribution in [0, 0.1) is 0 Å². The third-order valence-electron chi connectivity index (χ3n) is 2.58. The maximum absolute atomic E-state index is 12.3. The second kappa shape index (κ2) is 5.74. The van der Waals surface area contributed by atoms with Gasteiger partial charge in [0.05, 0.1) is 11.5 Å². The molecule has 0 spiro atoms. The van der Waals surface area contributed by atoms with Gasteiger partial charge in [0.2, 0.25) is 0 Å². The van der Waals surface area contributed by atoms with Crippen molar-refractivity contribution >= 4 is 27.7 Å². The first kappa shape index (κ1) is 15.3. The average Bonchev–Trinajstić information content (AvgIpc) is 2.82. The second-order valence-electron chi connectivity index (χ2n) is 3.90. The van der Waals surface area contributed by atoms with Gasteiger partial charge in [-0.25, -0.2) is 22.6 Å². The van der Waals surface area contributed by atoms with Gasteiger partial charge in [0.15, 0.2) is 0 Å². The van der Waals surface area contributed by atoms with Crippen LogP contribution in [-0.4, -0.2) is 29.7 Å². The van der Waals surface area contributed by atoms with Crippen LogP contribution in [0.25, 0.3) is 0 Å². The van der Waals surface area contributed by atoms with E-state index in [1.54, 1.807) is 6.92 Å². The highest BCUT2D eigenvalue weighted by molar-refractivity contribution is 7.90. The summed E-state index contributed by atoms with van der Waals surface area (Å²) < 4.78 is 30.3. The minimum atomic E-state index is -4.10. The van der Waals surface area contributed by atoms with Crippen LogP contribution < -0.4 is 5.69 Å². The lowest BCUT2D eigenvalue weighted by molar-refractivity contribution is 0.153. The highest BCUT2D eigenvalue weighted by Crippen LogP contribution is 2.15. The van der Waals surface area contributed by atoms with Crippen molar-refractivity contribution in [1.29, 1.82) is 0 Å². The second-order valence-corrected chi connectivity index (χ2v) is 6.16. The number of rotatable bonds is 3. The molecule has 0 aliphatic carbocycles. The molecule has 0 atom stereocenters. The molecule has 112 valence electrons. The molecular formula is C12H11ClN2O5S. The quantitative estimate of drug-likeness (QED) is 0.852. The van der Waals surface area contributed by atoms with Crippen LogP contribution in [0.3, 0.4) is 0 Å². The van der Waals surface area contributed by atoms with Crippen molar-refractivity contribution in [3.05, 3.63) is 52.2 Å². The van der Waals surface area contributed by atoms with Crippen LogP contribution in [-0.2, 0) is 14.8 Å². The SMILES string of the molecule is CCOC(=O)n1ccn(S(=O)(=O)c2ccc(Cl)cc2)c1=O. The van der Waals surface area contributed by atoms with E-state index in [1.165, 1.54) is 24.3 Å². The van der Waals surface area contributed by atoms with Gasteiger partial charge in [-0.3, -0.25) is 0 Å². The van der Waals surface area contributed by atoms with E-state index in [0.29, 0.717) is 13.6 Å². The lowest BCUT2D eigenvalue weighted by Crippen LogP contribution is -2.32. The van der Waals surface area contributed by atoms with Gasteiger partial charge in [0, 0.05) is 17.4 Å². The number of carbonyl (C=O) groups excluding carboxylic acids is 1. The monoisotopic (exact) mass is 330 g/mol. The van der Waals surface area contributed by atoms with E-state index in [9.17, 15) is 18.0 Å². The Labute approximate surface area is 125 Å². The zero-order valence-corrected chi connectivity index (χ0v) is 12.5. The lowest BCUT2D eigenvalue weighted by atomic mass is 10.4. The number of ether oxygens (including phenoxy) is 1. The van der Waals surface area contributed by atoms with Gasteiger partial charge in [-0.1, -0.05) is 11.6 Å². The molecule has 1 aromatic heterocycles. The zero-order chi connectivity index (χ0) is 15.6. The van der Waals surface area contributed by atoms with E-state index in [2.05, 4.69) is 4.74 Å². The third kappa shape index (κ3) is 2.86. The van der Waals surface area contributed by atoms with E-state index in [4.69, 9.17) is 11.6 Å².